The van der Waals surface area contributed by atoms with E-state index >= 15 is 0 Å². The van der Waals surface area contributed by atoms with E-state index in [2.05, 4.69) is 10.3 Å². The molecule has 1 N–H and O–H groups in total. The maximum absolute atomic E-state index is 12.2. The lowest BCUT2D eigenvalue weighted by Gasteiger charge is -2.05. The minimum Gasteiger partial charge on any atom is -0.347 e. The van der Waals surface area contributed by atoms with Crippen LogP contribution in [0.5, 0.6) is 0 Å². The fourth-order valence-electron chi connectivity index (χ4n) is 2.30. The number of nitro groups is 1. The van der Waals surface area contributed by atoms with E-state index in [4.69, 9.17) is 0 Å². The highest BCUT2D eigenvalue weighted by Gasteiger charge is 2.15. The Morgan fingerprint density at radius 3 is 2.76 bits per heavy atom. The molecule has 0 aliphatic heterocycles. The van der Waals surface area contributed by atoms with Gasteiger partial charge in [0.05, 0.1) is 27.0 Å². The van der Waals surface area contributed by atoms with Crippen LogP contribution in [0.3, 0.4) is 0 Å². The molecule has 0 saturated heterocycles. The highest BCUT2D eigenvalue weighted by atomic mass is 32.1. The number of hydrogen-bond donors (Lipinski definition) is 1. The van der Waals surface area contributed by atoms with Crippen LogP contribution in [0, 0.1) is 24.0 Å². The van der Waals surface area contributed by atoms with E-state index in [9.17, 15) is 14.9 Å². The lowest BCUT2D eigenvalue weighted by molar-refractivity contribution is -0.385. The number of nitro benzene ring substituents is 1. The molecular formula is C17H15N3O3S2. The third-order valence-corrected chi connectivity index (χ3v) is 5.51. The van der Waals surface area contributed by atoms with Gasteiger partial charge in [0.2, 0.25) is 0 Å². The van der Waals surface area contributed by atoms with E-state index in [0.29, 0.717) is 12.1 Å². The van der Waals surface area contributed by atoms with Crippen LogP contribution in [0.25, 0.3) is 10.6 Å². The first-order valence-electron chi connectivity index (χ1n) is 7.48. The predicted octanol–water partition coefficient (Wildman–Crippen LogP) is 4.33. The normalized spacial score (nSPS) is 10.6. The number of aromatic nitrogens is 1. The fourth-order valence-corrected chi connectivity index (χ4v) is 3.90. The highest BCUT2D eigenvalue weighted by Crippen LogP contribution is 2.29. The maximum atomic E-state index is 12.2. The molecule has 0 aliphatic carbocycles. The van der Waals surface area contributed by atoms with Gasteiger partial charge < -0.3 is 5.32 Å². The van der Waals surface area contributed by atoms with Crippen molar-refractivity contribution < 1.29 is 9.72 Å². The quantitative estimate of drug-likeness (QED) is 0.533. The van der Waals surface area contributed by atoms with E-state index < -0.39 is 4.92 Å². The van der Waals surface area contributed by atoms with Gasteiger partial charge in [-0.2, -0.15) is 0 Å². The van der Waals surface area contributed by atoms with Crippen molar-refractivity contribution in [3.63, 3.8) is 0 Å². The van der Waals surface area contributed by atoms with Crippen molar-refractivity contribution in [3.8, 4) is 10.6 Å². The number of aryl methyl sites for hydroxylation is 2. The van der Waals surface area contributed by atoms with Gasteiger partial charge in [-0.25, -0.2) is 4.98 Å². The van der Waals surface area contributed by atoms with Crippen LogP contribution in [0.2, 0.25) is 0 Å². The molecule has 1 amide bonds. The Labute approximate surface area is 152 Å². The summed E-state index contributed by atoms with van der Waals surface area (Å²) in [6, 6.07) is 8.42. The fraction of sp³-hybridized carbons (Fsp3) is 0.176. The van der Waals surface area contributed by atoms with Gasteiger partial charge in [0, 0.05) is 27.5 Å². The Hall–Kier alpha value is -2.58. The summed E-state index contributed by atoms with van der Waals surface area (Å²) in [5.41, 5.74) is 1.71. The molecular weight excluding hydrogens is 358 g/mol. The molecule has 6 nitrogen and oxygen atoms in total. The molecule has 0 atom stereocenters. The van der Waals surface area contributed by atoms with E-state index in [1.54, 1.807) is 41.7 Å². The van der Waals surface area contributed by atoms with Crippen molar-refractivity contribution in [2.24, 2.45) is 0 Å². The van der Waals surface area contributed by atoms with Crippen LogP contribution in [-0.2, 0) is 6.54 Å². The summed E-state index contributed by atoms with van der Waals surface area (Å²) in [5.74, 6) is -0.331. The Bertz CT molecular complexity index is 946. The lowest BCUT2D eigenvalue weighted by atomic mass is 10.1. The van der Waals surface area contributed by atoms with E-state index in [0.717, 1.165) is 20.5 Å². The summed E-state index contributed by atoms with van der Waals surface area (Å²) in [6.45, 7) is 3.98. The molecule has 3 rings (SSSR count). The second-order valence-electron chi connectivity index (χ2n) is 5.46. The number of amides is 1. The molecule has 2 heterocycles. The average Bonchev–Trinajstić information content (AvgIpc) is 3.21. The van der Waals surface area contributed by atoms with Crippen LogP contribution in [0.15, 0.2) is 35.7 Å². The van der Waals surface area contributed by atoms with Crippen molar-refractivity contribution in [1.29, 1.82) is 0 Å². The van der Waals surface area contributed by atoms with Crippen molar-refractivity contribution in [2.45, 2.75) is 20.4 Å². The predicted molar refractivity (Wildman–Crippen MR) is 99.2 cm³/mol. The zero-order valence-electron chi connectivity index (χ0n) is 13.6. The lowest BCUT2D eigenvalue weighted by Crippen LogP contribution is -2.22. The minimum absolute atomic E-state index is 0.0510. The Morgan fingerprint density at radius 2 is 2.08 bits per heavy atom. The number of hydrogen-bond acceptors (Lipinski definition) is 6. The molecule has 0 unspecified atom stereocenters. The summed E-state index contributed by atoms with van der Waals surface area (Å²) in [6.07, 6.45) is 0. The second kappa shape index (κ2) is 7.12. The standard InChI is InChI=1S/C17H15N3O3S2/c1-10-3-4-12(7-15(10)20(22)23)17(21)18-8-13-5-6-16(25-13)14-9-24-11(2)19-14/h3-7,9H,8H2,1-2H3,(H,18,21). The second-order valence-corrected chi connectivity index (χ2v) is 7.69. The van der Waals surface area contributed by atoms with Crippen molar-refractivity contribution in [3.05, 3.63) is 66.8 Å². The third-order valence-electron chi connectivity index (χ3n) is 3.62. The minimum atomic E-state index is -0.479. The zero-order valence-corrected chi connectivity index (χ0v) is 15.2. The molecule has 0 fully saturated rings. The molecule has 0 aliphatic rings. The molecule has 0 radical (unpaired) electrons. The summed E-state index contributed by atoms with van der Waals surface area (Å²) < 4.78 is 0. The SMILES string of the molecule is Cc1nc(-c2ccc(CNC(=O)c3ccc(C)c([N+](=O)[O-])c3)s2)cs1. The van der Waals surface area contributed by atoms with Crippen molar-refractivity contribution >= 4 is 34.3 Å². The van der Waals surface area contributed by atoms with Gasteiger partial charge >= 0.3 is 0 Å². The van der Waals surface area contributed by atoms with Crippen LogP contribution < -0.4 is 5.32 Å². The van der Waals surface area contributed by atoms with Gasteiger partial charge in [-0.3, -0.25) is 14.9 Å². The van der Waals surface area contributed by atoms with Gasteiger partial charge in [-0.1, -0.05) is 6.07 Å². The Balaban J connectivity index is 1.68. The molecule has 0 spiro atoms. The van der Waals surface area contributed by atoms with Crippen LogP contribution in [0.1, 0.15) is 25.8 Å². The van der Waals surface area contributed by atoms with Gasteiger partial charge in [0.15, 0.2) is 0 Å². The summed E-state index contributed by atoms with van der Waals surface area (Å²) >= 11 is 3.17. The number of nitrogens with one attached hydrogen (secondary N) is 1. The zero-order chi connectivity index (χ0) is 18.0. The van der Waals surface area contributed by atoms with E-state index in [-0.39, 0.29) is 17.2 Å². The molecule has 2 aromatic heterocycles. The number of thiazole rings is 1. The molecule has 128 valence electrons. The molecule has 0 bridgehead atoms. The first kappa shape index (κ1) is 17.2. The third kappa shape index (κ3) is 3.92. The molecule has 0 saturated carbocycles. The number of carbonyl (C=O) groups excluding carboxylic acids is 1. The first-order valence-corrected chi connectivity index (χ1v) is 9.18. The summed E-state index contributed by atoms with van der Waals surface area (Å²) in [7, 11) is 0. The first-order chi connectivity index (χ1) is 11.9. The van der Waals surface area contributed by atoms with Crippen LogP contribution in [0.4, 0.5) is 5.69 Å². The highest BCUT2D eigenvalue weighted by molar-refractivity contribution is 7.16. The van der Waals surface area contributed by atoms with Crippen molar-refractivity contribution in [1.82, 2.24) is 10.3 Å². The average molecular weight is 373 g/mol. The smallest absolute Gasteiger partial charge is 0.273 e. The number of nitrogens with zero attached hydrogens (tertiary/aromatic N) is 2. The number of carbonyl (C=O) groups is 1. The van der Waals surface area contributed by atoms with Crippen molar-refractivity contribution in [2.75, 3.05) is 0 Å². The summed E-state index contributed by atoms with van der Waals surface area (Å²) in [4.78, 5) is 29.3. The maximum Gasteiger partial charge on any atom is 0.273 e. The van der Waals surface area contributed by atoms with Gasteiger partial charge in [-0.05, 0) is 32.0 Å². The topological polar surface area (TPSA) is 85.1 Å². The van der Waals surface area contributed by atoms with Gasteiger partial charge in [-0.15, -0.1) is 22.7 Å². The van der Waals surface area contributed by atoms with Gasteiger partial charge in [0.25, 0.3) is 11.6 Å². The molecule has 1 aromatic carbocycles. The number of rotatable bonds is 5. The number of thiophene rings is 1. The van der Waals surface area contributed by atoms with Crippen LogP contribution >= 0.6 is 22.7 Å². The Morgan fingerprint density at radius 1 is 1.28 bits per heavy atom. The van der Waals surface area contributed by atoms with E-state index in [1.807, 2.05) is 24.4 Å². The molecule has 3 aromatic rings. The van der Waals surface area contributed by atoms with Gasteiger partial charge in [0.1, 0.15) is 0 Å². The summed E-state index contributed by atoms with van der Waals surface area (Å²) in [5, 5.41) is 16.8. The number of benzene rings is 1. The largest absolute Gasteiger partial charge is 0.347 e. The monoisotopic (exact) mass is 373 g/mol. The molecule has 25 heavy (non-hydrogen) atoms. The Kier molecular flexibility index (Phi) is 4.91. The van der Waals surface area contributed by atoms with E-state index in [1.165, 1.54) is 6.07 Å². The molecule has 8 heteroatoms. The van der Waals surface area contributed by atoms with Crippen LogP contribution in [-0.4, -0.2) is 15.8 Å².